The van der Waals surface area contributed by atoms with E-state index in [1.54, 1.807) is 30.2 Å². The lowest BCUT2D eigenvalue weighted by molar-refractivity contribution is -0.187. The van der Waals surface area contributed by atoms with Crippen molar-refractivity contribution >= 4 is 17.5 Å². The van der Waals surface area contributed by atoms with Crippen LogP contribution >= 0.6 is 0 Å². The molecule has 2 aliphatic rings. The number of likely N-dealkylation sites (tertiary alicyclic amines) is 1. The predicted molar refractivity (Wildman–Crippen MR) is 98.0 cm³/mol. The van der Waals surface area contributed by atoms with Gasteiger partial charge in [0.1, 0.15) is 6.54 Å². The van der Waals surface area contributed by atoms with Gasteiger partial charge in [-0.15, -0.1) is 0 Å². The Morgan fingerprint density at radius 2 is 1.74 bits per heavy atom. The van der Waals surface area contributed by atoms with Gasteiger partial charge in [0.2, 0.25) is 11.8 Å². The summed E-state index contributed by atoms with van der Waals surface area (Å²) in [7, 11) is 3.08. The van der Waals surface area contributed by atoms with Crippen molar-refractivity contribution in [3.05, 3.63) is 18.2 Å². The number of ether oxygens (including phenoxy) is 4. The Morgan fingerprint density at radius 1 is 1.11 bits per heavy atom. The van der Waals surface area contributed by atoms with Crippen molar-refractivity contribution in [3.63, 3.8) is 0 Å². The van der Waals surface area contributed by atoms with E-state index in [1.165, 1.54) is 18.9 Å². The maximum atomic E-state index is 12.8. The zero-order valence-corrected chi connectivity index (χ0v) is 16.0. The molecule has 0 aromatic heterocycles. The van der Waals surface area contributed by atoms with E-state index in [-0.39, 0.29) is 18.4 Å². The number of amides is 2. The number of hydrogen-bond donors (Lipinski definition) is 0. The van der Waals surface area contributed by atoms with Crippen LogP contribution in [0.5, 0.6) is 11.5 Å². The van der Waals surface area contributed by atoms with Gasteiger partial charge in [0, 0.05) is 44.6 Å². The van der Waals surface area contributed by atoms with Crippen LogP contribution in [0.4, 0.5) is 5.69 Å². The SMILES string of the molecule is COc1ccc(N(CC(=O)N2CCC3(CC2)OCCO3)C(C)=O)cc1OC. The molecule has 8 heteroatoms. The summed E-state index contributed by atoms with van der Waals surface area (Å²) in [4.78, 5) is 28.1. The lowest BCUT2D eigenvalue weighted by atomic mass is 10.0. The number of carbonyl (C=O) groups is 2. The molecule has 8 nitrogen and oxygen atoms in total. The van der Waals surface area contributed by atoms with Gasteiger partial charge in [0.25, 0.3) is 0 Å². The monoisotopic (exact) mass is 378 g/mol. The highest BCUT2D eigenvalue weighted by molar-refractivity contribution is 5.97. The highest BCUT2D eigenvalue weighted by Crippen LogP contribution is 2.33. The summed E-state index contributed by atoms with van der Waals surface area (Å²) in [5.41, 5.74) is 0.587. The van der Waals surface area contributed by atoms with Gasteiger partial charge in [0.15, 0.2) is 17.3 Å². The minimum atomic E-state index is -0.527. The molecule has 0 saturated carbocycles. The third-order valence-electron chi connectivity index (χ3n) is 5.04. The van der Waals surface area contributed by atoms with Gasteiger partial charge in [-0.05, 0) is 12.1 Å². The number of piperidine rings is 1. The zero-order valence-electron chi connectivity index (χ0n) is 16.0. The predicted octanol–water partition coefficient (Wildman–Crippen LogP) is 1.42. The van der Waals surface area contributed by atoms with Crippen LogP contribution in [-0.2, 0) is 19.1 Å². The summed E-state index contributed by atoms with van der Waals surface area (Å²) in [6, 6.07) is 5.15. The number of benzene rings is 1. The Kier molecular flexibility index (Phi) is 5.86. The quantitative estimate of drug-likeness (QED) is 0.771. The van der Waals surface area contributed by atoms with E-state index in [0.717, 1.165) is 0 Å². The first-order valence-corrected chi connectivity index (χ1v) is 9.04. The summed E-state index contributed by atoms with van der Waals surface area (Å²) in [6.07, 6.45) is 1.30. The molecule has 1 spiro atoms. The Hall–Kier alpha value is -2.32. The van der Waals surface area contributed by atoms with E-state index < -0.39 is 5.79 Å². The molecule has 27 heavy (non-hydrogen) atoms. The molecule has 3 rings (SSSR count). The Labute approximate surface area is 158 Å². The van der Waals surface area contributed by atoms with E-state index >= 15 is 0 Å². The maximum absolute atomic E-state index is 12.8. The lowest BCUT2D eigenvalue weighted by Gasteiger charge is -2.38. The Bertz CT molecular complexity index is 691. The van der Waals surface area contributed by atoms with Crippen molar-refractivity contribution in [2.45, 2.75) is 25.6 Å². The number of nitrogens with zero attached hydrogens (tertiary/aromatic N) is 2. The zero-order chi connectivity index (χ0) is 19.4. The normalized spacial score (nSPS) is 18.4. The Balaban J connectivity index is 1.68. The molecule has 2 heterocycles. The molecule has 1 aromatic carbocycles. The van der Waals surface area contributed by atoms with Crippen molar-refractivity contribution in [2.75, 3.05) is 52.0 Å². The highest BCUT2D eigenvalue weighted by atomic mass is 16.7. The van der Waals surface area contributed by atoms with E-state index in [1.807, 2.05) is 0 Å². The van der Waals surface area contributed by atoms with Gasteiger partial charge in [0.05, 0.1) is 27.4 Å². The van der Waals surface area contributed by atoms with Crippen molar-refractivity contribution in [2.24, 2.45) is 0 Å². The average Bonchev–Trinajstić information content (AvgIpc) is 3.13. The van der Waals surface area contributed by atoms with Crippen molar-refractivity contribution in [1.29, 1.82) is 0 Å². The fraction of sp³-hybridized carbons (Fsp3) is 0.579. The number of rotatable bonds is 5. The molecule has 0 radical (unpaired) electrons. The molecular weight excluding hydrogens is 352 g/mol. The second kappa shape index (κ2) is 8.14. The second-order valence-corrected chi connectivity index (χ2v) is 6.63. The van der Waals surface area contributed by atoms with E-state index in [9.17, 15) is 9.59 Å². The van der Waals surface area contributed by atoms with Gasteiger partial charge >= 0.3 is 0 Å². The summed E-state index contributed by atoms with van der Waals surface area (Å²) < 4.78 is 21.9. The average molecular weight is 378 g/mol. The first-order valence-electron chi connectivity index (χ1n) is 9.04. The van der Waals surface area contributed by atoms with Crippen LogP contribution in [0.3, 0.4) is 0 Å². The number of methoxy groups -OCH3 is 2. The van der Waals surface area contributed by atoms with Crippen LogP contribution in [0, 0.1) is 0 Å². The molecular formula is C19H26N2O6. The molecule has 0 unspecified atom stereocenters. The first-order chi connectivity index (χ1) is 13.0. The molecule has 2 aliphatic heterocycles. The molecule has 1 aromatic rings. The van der Waals surface area contributed by atoms with Crippen LogP contribution in [0.25, 0.3) is 0 Å². The van der Waals surface area contributed by atoms with Crippen LogP contribution in [-0.4, -0.2) is 69.6 Å². The van der Waals surface area contributed by atoms with Gasteiger partial charge in [-0.2, -0.15) is 0 Å². The molecule has 2 amide bonds. The van der Waals surface area contributed by atoms with E-state index in [4.69, 9.17) is 18.9 Å². The summed E-state index contributed by atoms with van der Waals surface area (Å²) in [5, 5.41) is 0. The Morgan fingerprint density at radius 3 is 2.30 bits per heavy atom. The minimum absolute atomic E-state index is 0.0282. The molecule has 0 N–H and O–H groups in total. The summed E-state index contributed by atoms with van der Waals surface area (Å²) >= 11 is 0. The molecule has 0 atom stereocenters. The van der Waals surface area contributed by atoms with Gasteiger partial charge < -0.3 is 28.7 Å². The minimum Gasteiger partial charge on any atom is -0.493 e. The topological polar surface area (TPSA) is 77.5 Å². The highest BCUT2D eigenvalue weighted by Gasteiger charge is 2.41. The molecule has 0 aliphatic carbocycles. The van der Waals surface area contributed by atoms with Crippen molar-refractivity contribution in [3.8, 4) is 11.5 Å². The van der Waals surface area contributed by atoms with Gasteiger partial charge in [-0.3, -0.25) is 9.59 Å². The van der Waals surface area contributed by atoms with Crippen LogP contribution in [0.2, 0.25) is 0 Å². The van der Waals surface area contributed by atoms with E-state index in [0.29, 0.717) is 56.3 Å². The number of hydrogen-bond acceptors (Lipinski definition) is 6. The number of carbonyl (C=O) groups excluding carboxylic acids is 2. The standard InChI is InChI=1S/C19H26N2O6/c1-14(22)21(15-4-5-16(24-2)17(12-15)25-3)13-18(23)20-8-6-19(7-9-20)26-10-11-27-19/h4-5,12H,6-11,13H2,1-3H3. The second-order valence-electron chi connectivity index (χ2n) is 6.63. The van der Waals surface area contributed by atoms with Gasteiger partial charge in [-0.1, -0.05) is 0 Å². The van der Waals surface area contributed by atoms with Gasteiger partial charge in [-0.25, -0.2) is 0 Å². The third kappa shape index (κ3) is 4.17. The molecule has 2 saturated heterocycles. The summed E-state index contributed by atoms with van der Waals surface area (Å²) in [6.45, 7) is 3.72. The van der Waals surface area contributed by atoms with Crippen LogP contribution in [0.1, 0.15) is 19.8 Å². The van der Waals surface area contributed by atoms with E-state index in [2.05, 4.69) is 0 Å². The maximum Gasteiger partial charge on any atom is 0.242 e. The van der Waals surface area contributed by atoms with Crippen molar-refractivity contribution < 1.29 is 28.5 Å². The molecule has 148 valence electrons. The van der Waals surface area contributed by atoms with Crippen LogP contribution < -0.4 is 14.4 Å². The fourth-order valence-corrected chi connectivity index (χ4v) is 3.49. The fourth-order valence-electron chi connectivity index (χ4n) is 3.49. The van der Waals surface area contributed by atoms with Crippen molar-refractivity contribution in [1.82, 2.24) is 4.90 Å². The third-order valence-corrected chi connectivity index (χ3v) is 5.04. The largest absolute Gasteiger partial charge is 0.493 e. The molecule has 0 bridgehead atoms. The molecule has 2 fully saturated rings. The lowest BCUT2D eigenvalue weighted by Crippen LogP contribution is -2.50. The number of anilines is 1. The summed E-state index contributed by atoms with van der Waals surface area (Å²) in [5.74, 6) is 0.220. The first kappa shape index (κ1) is 19.4. The smallest absolute Gasteiger partial charge is 0.242 e. The van der Waals surface area contributed by atoms with Crippen LogP contribution in [0.15, 0.2) is 18.2 Å².